The maximum Gasteiger partial charge on any atom is 0.268 e. The van der Waals surface area contributed by atoms with Crippen molar-refractivity contribution < 1.29 is 9.53 Å². The van der Waals surface area contributed by atoms with Gasteiger partial charge in [-0.25, -0.2) is 0 Å². The number of aryl methyl sites for hydroxylation is 3. The van der Waals surface area contributed by atoms with Crippen molar-refractivity contribution in [3.8, 4) is 5.75 Å². The fourth-order valence-electron chi connectivity index (χ4n) is 3.62. The monoisotopic (exact) mass is 391 g/mol. The second-order valence-electron chi connectivity index (χ2n) is 7.30. The normalized spacial score (nSPS) is 13.3. The summed E-state index contributed by atoms with van der Waals surface area (Å²) in [6.45, 7) is 5.50. The molecular weight excluding hydrogens is 366 g/mol. The number of amides is 1. The zero-order chi connectivity index (χ0) is 19.5. The van der Waals surface area contributed by atoms with Crippen molar-refractivity contribution in [2.75, 3.05) is 11.4 Å². The molecule has 4 heteroatoms. The van der Waals surface area contributed by atoms with Gasteiger partial charge in [0.15, 0.2) is 0 Å². The molecule has 0 atom stereocenters. The first-order chi connectivity index (χ1) is 13.6. The number of anilines is 1. The van der Waals surface area contributed by atoms with Crippen LogP contribution in [0.4, 0.5) is 5.69 Å². The molecule has 28 heavy (non-hydrogen) atoms. The van der Waals surface area contributed by atoms with E-state index in [1.54, 1.807) is 0 Å². The van der Waals surface area contributed by atoms with E-state index in [0.29, 0.717) is 6.61 Å². The lowest BCUT2D eigenvalue weighted by atomic mass is 9.99. The molecule has 0 aliphatic carbocycles. The highest BCUT2D eigenvalue weighted by atomic mass is 32.1. The van der Waals surface area contributed by atoms with Gasteiger partial charge in [0.2, 0.25) is 0 Å². The van der Waals surface area contributed by atoms with Crippen LogP contribution in [-0.4, -0.2) is 12.5 Å². The molecular formula is C24H25NO2S. The Morgan fingerprint density at radius 3 is 2.71 bits per heavy atom. The highest BCUT2D eigenvalue weighted by Crippen LogP contribution is 2.30. The first-order valence-electron chi connectivity index (χ1n) is 9.84. The zero-order valence-electron chi connectivity index (χ0n) is 16.4. The van der Waals surface area contributed by atoms with E-state index in [-0.39, 0.29) is 5.91 Å². The Morgan fingerprint density at radius 2 is 1.93 bits per heavy atom. The first kappa shape index (κ1) is 18.8. The Bertz CT molecular complexity index is 975. The molecule has 0 fully saturated rings. The summed E-state index contributed by atoms with van der Waals surface area (Å²) in [7, 11) is 0. The fraction of sp³-hybridized carbons (Fsp3) is 0.292. The summed E-state index contributed by atoms with van der Waals surface area (Å²) >= 11 is 1.50. The van der Waals surface area contributed by atoms with Gasteiger partial charge in [-0.15, -0.1) is 11.3 Å². The van der Waals surface area contributed by atoms with Crippen LogP contribution in [0.3, 0.4) is 0 Å². The minimum atomic E-state index is 0.0911. The molecule has 2 aromatic carbocycles. The Labute approximate surface area is 170 Å². The van der Waals surface area contributed by atoms with Crippen molar-refractivity contribution >= 4 is 22.9 Å². The number of rotatable bonds is 5. The molecule has 1 aliphatic rings. The predicted molar refractivity (Wildman–Crippen MR) is 116 cm³/mol. The number of benzene rings is 2. The maximum atomic E-state index is 13.1. The van der Waals surface area contributed by atoms with E-state index >= 15 is 0 Å². The number of hydrogen-bond donors (Lipinski definition) is 0. The molecule has 0 bridgehead atoms. The number of thiophene rings is 1. The van der Waals surface area contributed by atoms with Crippen molar-refractivity contribution in [1.29, 1.82) is 0 Å². The van der Waals surface area contributed by atoms with Crippen LogP contribution < -0.4 is 9.64 Å². The second-order valence-corrected chi connectivity index (χ2v) is 8.21. The summed E-state index contributed by atoms with van der Waals surface area (Å²) < 4.78 is 5.88. The van der Waals surface area contributed by atoms with Gasteiger partial charge in [-0.1, -0.05) is 36.8 Å². The Kier molecular flexibility index (Phi) is 5.49. The van der Waals surface area contributed by atoms with Crippen LogP contribution in [-0.2, 0) is 19.4 Å². The van der Waals surface area contributed by atoms with Crippen LogP contribution in [0.15, 0.2) is 53.9 Å². The Hall–Kier alpha value is -2.59. The summed E-state index contributed by atoms with van der Waals surface area (Å²) in [5, 5.41) is 2.02. The number of carbonyl (C=O) groups excluding carboxylic acids is 1. The quantitative estimate of drug-likeness (QED) is 0.551. The molecule has 144 valence electrons. The van der Waals surface area contributed by atoms with Gasteiger partial charge in [0.25, 0.3) is 5.91 Å². The van der Waals surface area contributed by atoms with Gasteiger partial charge < -0.3 is 9.64 Å². The highest BCUT2D eigenvalue weighted by Gasteiger charge is 2.24. The molecule has 2 heterocycles. The number of hydrogen-bond acceptors (Lipinski definition) is 3. The minimum Gasteiger partial charge on any atom is -0.489 e. The number of ether oxygens (including phenoxy) is 1. The van der Waals surface area contributed by atoms with E-state index in [9.17, 15) is 4.79 Å². The third-order valence-corrected chi connectivity index (χ3v) is 6.17. The average molecular weight is 392 g/mol. The van der Waals surface area contributed by atoms with Crippen molar-refractivity contribution in [3.05, 3.63) is 81.0 Å². The summed E-state index contributed by atoms with van der Waals surface area (Å²) in [6.07, 6.45) is 3.08. The summed E-state index contributed by atoms with van der Waals surface area (Å²) in [5.41, 5.74) is 5.91. The number of carbonyl (C=O) groups is 1. The van der Waals surface area contributed by atoms with Gasteiger partial charge in [-0.2, -0.15) is 0 Å². The lowest BCUT2D eigenvalue weighted by Gasteiger charge is -2.29. The smallest absolute Gasteiger partial charge is 0.268 e. The van der Waals surface area contributed by atoms with Crippen molar-refractivity contribution in [2.24, 2.45) is 0 Å². The molecule has 3 aromatic rings. The van der Waals surface area contributed by atoms with Crippen molar-refractivity contribution in [2.45, 2.75) is 39.7 Å². The summed E-state index contributed by atoms with van der Waals surface area (Å²) in [6, 6.07) is 16.5. The van der Waals surface area contributed by atoms with Gasteiger partial charge in [0.1, 0.15) is 12.4 Å². The number of nitrogens with zero attached hydrogens (tertiary/aromatic N) is 1. The van der Waals surface area contributed by atoms with Crippen LogP contribution in [0, 0.1) is 6.92 Å². The standard InChI is InChI=1S/C24H25NO2S/c1-3-18-7-9-21(10-8-18)27-15-19-14-23(28-16-19)24(26)25-12-4-5-20-13-17(2)6-11-22(20)25/h6-11,13-14,16H,3-5,12,15H2,1-2H3. The van der Waals surface area contributed by atoms with E-state index in [0.717, 1.165) is 47.7 Å². The number of fused-ring (bicyclic) bond motifs is 1. The average Bonchev–Trinajstić information content (AvgIpc) is 3.20. The Balaban J connectivity index is 1.45. The first-order valence-corrected chi connectivity index (χ1v) is 10.7. The van der Waals surface area contributed by atoms with E-state index in [1.165, 1.54) is 28.0 Å². The van der Waals surface area contributed by atoms with Crippen molar-refractivity contribution in [1.82, 2.24) is 0 Å². The molecule has 3 nitrogen and oxygen atoms in total. The topological polar surface area (TPSA) is 29.5 Å². The van der Waals surface area contributed by atoms with Crippen LogP contribution in [0.2, 0.25) is 0 Å². The van der Waals surface area contributed by atoms with Gasteiger partial charge >= 0.3 is 0 Å². The van der Waals surface area contributed by atoms with Crippen molar-refractivity contribution in [3.63, 3.8) is 0 Å². The molecule has 0 radical (unpaired) electrons. The molecule has 0 unspecified atom stereocenters. The van der Waals surface area contributed by atoms with Gasteiger partial charge in [-0.05, 0) is 67.0 Å². The lowest BCUT2D eigenvalue weighted by Crippen LogP contribution is -2.35. The summed E-state index contributed by atoms with van der Waals surface area (Å²) in [4.78, 5) is 15.8. The van der Waals surface area contributed by atoms with Gasteiger partial charge in [0, 0.05) is 17.8 Å². The third-order valence-electron chi connectivity index (χ3n) is 5.20. The third kappa shape index (κ3) is 3.97. The van der Waals surface area contributed by atoms with E-state index in [2.05, 4.69) is 44.2 Å². The van der Waals surface area contributed by atoms with E-state index in [1.807, 2.05) is 28.5 Å². The van der Waals surface area contributed by atoms with Gasteiger partial charge in [0.05, 0.1) is 4.88 Å². The Morgan fingerprint density at radius 1 is 1.11 bits per heavy atom. The van der Waals surface area contributed by atoms with E-state index in [4.69, 9.17) is 4.74 Å². The molecule has 1 amide bonds. The highest BCUT2D eigenvalue weighted by molar-refractivity contribution is 7.12. The maximum absolute atomic E-state index is 13.1. The fourth-order valence-corrected chi connectivity index (χ4v) is 4.47. The minimum absolute atomic E-state index is 0.0911. The largest absolute Gasteiger partial charge is 0.489 e. The second kappa shape index (κ2) is 8.19. The van der Waals surface area contributed by atoms with Crippen LogP contribution in [0.5, 0.6) is 5.75 Å². The van der Waals surface area contributed by atoms with E-state index < -0.39 is 0 Å². The van der Waals surface area contributed by atoms with Crippen LogP contribution >= 0.6 is 11.3 Å². The van der Waals surface area contributed by atoms with Crippen LogP contribution in [0.1, 0.15) is 45.3 Å². The molecule has 0 saturated heterocycles. The molecule has 1 aliphatic heterocycles. The summed E-state index contributed by atoms with van der Waals surface area (Å²) in [5.74, 6) is 0.949. The lowest BCUT2D eigenvalue weighted by molar-refractivity contribution is 0.0989. The zero-order valence-corrected chi connectivity index (χ0v) is 17.2. The van der Waals surface area contributed by atoms with Gasteiger partial charge in [-0.3, -0.25) is 4.79 Å². The molecule has 0 spiro atoms. The molecule has 1 aromatic heterocycles. The molecule has 0 saturated carbocycles. The predicted octanol–water partition coefficient (Wildman–Crippen LogP) is 5.79. The SMILES string of the molecule is CCc1ccc(OCc2csc(C(=O)N3CCCc4cc(C)ccc43)c2)cc1. The molecule has 4 rings (SSSR count). The van der Waals surface area contributed by atoms with Crippen LogP contribution in [0.25, 0.3) is 0 Å². The molecule has 0 N–H and O–H groups in total.